The van der Waals surface area contributed by atoms with Crippen molar-refractivity contribution in [3.8, 4) is 11.5 Å². The highest BCUT2D eigenvalue weighted by Gasteiger charge is 2.33. The number of carbonyl (C=O) groups is 1. The third-order valence-corrected chi connectivity index (χ3v) is 3.13. The minimum absolute atomic E-state index is 0. The zero-order valence-electron chi connectivity index (χ0n) is 11.7. The molecule has 8 nitrogen and oxygen atoms in total. The Hall–Kier alpha value is -3.37. The third-order valence-electron chi connectivity index (χ3n) is 3.13. The van der Waals surface area contributed by atoms with E-state index in [0.717, 1.165) is 21.8 Å². The summed E-state index contributed by atoms with van der Waals surface area (Å²) < 4.78 is 39.6. The van der Waals surface area contributed by atoms with Crippen molar-refractivity contribution >= 4 is 5.97 Å². The zero-order valence-corrected chi connectivity index (χ0v) is 11.7. The molecule has 0 saturated carbocycles. The number of alkyl halides is 3. The molecule has 0 unspecified atom stereocenters. The van der Waals surface area contributed by atoms with Gasteiger partial charge in [-0.25, -0.2) is 14.8 Å². The number of rotatable bonds is 3. The van der Waals surface area contributed by atoms with Crippen molar-refractivity contribution in [1.82, 2.24) is 24.3 Å². The number of aromatic nitrogens is 5. The predicted molar refractivity (Wildman–Crippen MR) is 80.0 cm³/mol. The van der Waals surface area contributed by atoms with Crippen LogP contribution < -0.4 is 5.56 Å². The number of hydrogen-bond acceptors (Lipinski definition) is 4. The van der Waals surface area contributed by atoms with E-state index in [1.54, 1.807) is 0 Å². The number of carboxylic acid groups (broad SMARTS) is 1. The standard InChI is InChI=1S/C13H8F3N5O3.CH4/c14-13(15,16)9-5-20(6-18-9)8-4-19-21(11(8)22)10-2-1-7(3-17-10)12(23)24;/h1-6,19H,(H,23,24);1H4. The molecular weight excluding hydrogens is 343 g/mol. The molecule has 3 heterocycles. The third kappa shape index (κ3) is 3.29. The Balaban J connectivity index is 0.00000225. The Labute approximate surface area is 138 Å². The molecule has 132 valence electrons. The summed E-state index contributed by atoms with van der Waals surface area (Å²) in [6.07, 6.45) is -0.802. The molecule has 25 heavy (non-hydrogen) atoms. The van der Waals surface area contributed by atoms with Crippen molar-refractivity contribution in [3.63, 3.8) is 0 Å². The van der Waals surface area contributed by atoms with Crippen LogP contribution in [0.15, 0.2) is 41.8 Å². The Morgan fingerprint density at radius 2 is 1.96 bits per heavy atom. The molecular formula is C14H12F3N5O3. The fourth-order valence-electron chi connectivity index (χ4n) is 1.96. The molecule has 2 N–H and O–H groups in total. The van der Waals surface area contributed by atoms with Gasteiger partial charge < -0.3 is 5.11 Å². The summed E-state index contributed by atoms with van der Waals surface area (Å²) in [5.74, 6) is -1.08. The second-order valence-corrected chi connectivity index (χ2v) is 4.67. The normalized spacial score (nSPS) is 11.2. The highest BCUT2D eigenvalue weighted by molar-refractivity contribution is 5.87. The molecule has 0 fully saturated rings. The number of hydrogen-bond donors (Lipinski definition) is 2. The van der Waals surface area contributed by atoms with Gasteiger partial charge in [0.2, 0.25) is 0 Å². The number of aromatic amines is 1. The number of H-pyrrole nitrogens is 1. The van der Waals surface area contributed by atoms with Gasteiger partial charge in [0.05, 0.1) is 5.56 Å². The van der Waals surface area contributed by atoms with Crippen LogP contribution in [0.1, 0.15) is 23.5 Å². The predicted octanol–water partition coefficient (Wildman–Crippen LogP) is 2.10. The quantitative estimate of drug-likeness (QED) is 0.748. The second-order valence-electron chi connectivity index (χ2n) is 4.67. The first-order valence-corrected chi connectivity index (χ1v) is 6.39. The lowest BCUT2D eigenvalue weighted by Gasteiger charge is -2.01. The van der Waals surface area contributed by atoms with E-state index in [1.165, 1.54) is 18.3 Å². The van der Waals surface area contributed by atoms with Gasteiger partial charge in [-0.05, 0) is 12.1 Å². The van der Waals surface area contributed by atoms with Crippen molar-refractivity contribution in [2.24, 2.45) is 0 Å². The van der Waals surface area contributed by atoms with Gasteiger partial charge in [-0.3, -0.25) is 14.5 Å². The molecule has 0 aromatic carbocycles. The molecule has 0 bridgehead atoms. The first-order chi connectivity index (χ1) is 11.3. The average molecular weight is 355 g/mol. The number of halogens is 3. The Morgan fingerprint density at radius 1 is 1.24 bits per heavy atom. The topological polar surface area (TPSA) is 106 Å². The Bertz CT molecular complexity index is 953. The van der Waals surface area contributed by atoms with Crippen molar-refractivity contribution < 1.29 is 23.1 Å². The molecule has 3 aromatic heterocycles. The van der Waals surface area contributed by atoms with Gasteiger partial charge in [0.1, 0.15) is 12.0 Å². The van der Waals surface area contributed by atoms with Crippen LogP contribution in [-0.2, 0) is 6.18 Å². The Kier molecular flexibility index (Phi) is 4.50. The molecule has 3 aromatic rings. The monoisotopic (exact) mass is 355 g/mol. The fraction of sp³-hybridized carbons (Fsp3) is 0.143. The van der Waals surface area contributed by atoms with E-state index >= 15 is 0 Å². The maximum Gasteiger partial charge on any atom is 0.434 e. The summed E-state index contributed by atoms with van der Waals surface area (Å²) in [5.41, 5.74) is -1.96. The summed E-state index contributed by atoms with van der Waals surface area (Å²) in [6.45, 7) is 0. The van der Waals surface area contributed by atoms with Crippen molar-refractivity contribution in [3.05, 3.63) is 58.7 Å². The number of imidazole rings is 1. The van der Waals surface area contributed by atoms with Gasteiger partial charge in [-0.15, -0.1) is 0 Å². The molecule has 0 aliphatic carbocycles. The number of pyridine rings is 1. The van der Waals surface area contributed by atoms with E-state index < -0.39 is 23.4 Å². The SMILES string of the molecule is C.O=C(O)c1ccc(-n2[nH]cc(-n3cnc(C(F)(F)F)c3)c2=O)nc1. The average Bonchev–Trinajstić information content (AvgIpc) is 3.13. The lowest BCUT2D eigenvalue weighted by atomic mass is 10.3. The molecule has 0 amide bonds. The molecule has 0 radical (unpaired) electrons. The maximum absolute atomic E-state index is 12.6. The summed E-state index contributed by atoms with van der Waals surface area (Å²) in [4.78, 5) is 30.1. The Morgan fingerprint density at radius 3 is 2.48 bits per heavy atom. The van der Waals surface area contributed by atoms with E-state index in [0.29, 0.717) is 6.20 Å². The van der Waals surface area contributed by atoms with Crippen LogP contribution in [0, 0.1) is 0 Å². The molecule has 0 atom stereocenters. The highest BCUT2D eigenvalue weighted by Crippen LogP contribution is 2.27. The van der Waals surface area contributed by atoms with Crippen LogP contribution in [0.4, 0.5) is 13.2 Å². The van der Waals surface area contributed by atoms with Crippen LogP contribution in [-0.4, -0.2) is 35.4 Å². The molecule has 0 spiro atoms. The van der Waals surface area contributed by atoms with Gasteiger partial charge in [0, 0.05) is 18.6 Å². The van der Waals surface area contributed by atoms with Crippen molar-refractivity contribution in [2.75, 3.05) is 0 Å². The summed E-state index contributed by atoms with van der Waals surface area (Å²) in [5, 5.41) is 11.4. The van der Waals surface area contributed by atoms with E-state index in [1.807, 2.05) is 0 Å². The van der Waals surface area contributed by atoms with Crippen LogP contribution >= 0.6 is 0 Å². The first-order valence-electron chi connectivity index (χ1n) is 6.39. The summed E-state index contributed by atoms with van der Waals surface area (Å²) in [6, 6.07) is 2.54. The smallest absolute Gasteiger partial charge is 0.434 e. The summed E-state index contributed by atoms with van der Waals surface area (Å²) >= 11 is 0. The maximum atomic E-state index is 12.6. The first kappa shape index (κ1) is 18.0. The second kappa shape index (κ2) is 6.26. The van der Waals surface area contributed by atoms with Crippen molar-refractivity contribution in [2.45, 2.75) is 13.6 Å². The fourth-order valence-corrected chi connectivity index (χ4v) is 1.96. The van der Waals surface area contributed by atoms with Gasteiger partial charge in [0.25, 0.3) is 5.56 Å². The minimum atomic E-state index is -4.62. The van der Waals surface area contributed by atoms with Crippen molar-refractivity contribution in [1.29, 1.82) is 0 Å². The van der Waals surface area contributed by atoms with Gasteiger partial charge in [0.15, 0.2) is 11.5 Å². The highest BCUT2D eigenvalue weighted by atomic mass is 19.4. The lowest BCUT2D eigenvalue weighted by Crippen LogP contribution is -2.19. The van der Waals surface area contributed by atoms with E-state index in [-0.39, 0.29) is 24.5 Å². The zero-order chi connectivity index (χ0) is 17.5. The summed E-state index contributed by atoms with van der Waals surface area (Å²) in [7, 11) is 0. The molecule has 0 aliphatic heterocycles. The van der Waals surface area contributed by atoms with Gasteiger partial charge in [-0.2, -0.15) is 17.9 Å². The molecule has 0 aliphatic rings. The van der Waals surface area contributed by atoms with Crippen LogP contribution in [0.5, 0.6) is 0 Å². The van der Waals surface area contributed by atoms with Crippen LogP contribution in [0.3, 0.4) is 0 Å². The number of nitrogens with zero attached hydrogens (tertiary/aromatic N) is 4. The molecule has 3 rings (SSSR count). The molecule has 11 heteroatoms. The van der Waals surface area contributed by atoms with Gasteiger partial charge in [-0.1, -0.05) is 7.43 Å². The van der Waals surface area contributed by atoms with E-state index in [2.05, 4.69) is 15.1 Å². The van der Waals surface area contributed by atoms with Crippen LogP contribution in [0.2, 0.25) is 0 Å². The number of nitrogens with one attached hydrogen (secondary N) is 1. The van der Waals surface area contributed by atoms with Gasteiger partial charge >= 0.3 is 12.1 Å². The minimum Gasteiger partial charge on any atom is -0.478 e. The van der Waals surface area contributed by atoms with E-state index in [9.17, 15) is 22.8 Å². The van der Waals surface area contributed by atoms with E-state index in [4.69, 9.17) is 5.11 Å². The van der Waals surface area contributed by atoms with Crippen LogP contribution in [0.25, 0.3) is 11.5 Å². The number of aromatic carboxylic acids is 1. The largest absolute Gasteiger partial charge is 0.478 e. The molecule has 0 saturated heterocycles. The lowest BCUT2D eigenvalue weighted by molar-refractivity contribution is -0.140. The number of carboxylic acids is 1.